The highest BCUT2D eigenvalue weighted by molar-refractivity contribution is 5.80. The van der Waals surface area contributed by atoms with E-state index >= 15 is 0 Å². The largest absolute Gasteiger partial charge is 0.341 e. The van der Waals surface area contributed by atoms with Gasteiger partial charge in [0.25, 0.3) is 0 Å². The lowest BCUT2D eigenvalue weighted by molar-refractivity contribution is -0.141. The van der Waals surface area contributed by atoms with E-state index in [1.807, 2.05) is 0 Å². The normalized spacial score (nSPS) is 30.8. The van der Waals surface area contributed by atoms with Gasteiger partial charge in [0.1, 0.15) is 0 Å². The lowest BCUT2D eigenvalue weighted by atomic mass is 9.80. The molecule has 4 aliphatic rings. The highest BCUT2D eigenvalue weighted by atomic mass is 16.2. The summed E-state index contributed by atoms with van der Waals surface area (Å²) < 4.78 is 0. The molecule has 2 aliphatic heterocycles. The predicted molar refractivity (Wildman–Crippen MR) is 109 cm³/mol. The minimum atomic E-state index is 0.217. The van der Waals surface area contributed by atoms with Crippen molar-refractivity contribution in [1.82, 2.24) is 14.7 Å². The lowest BCUT2D eigenvalue weighted by Crippen LogP contribution is -2.56. The molecule has 2 saturated carbocycles. The van der Waals surface area contributed by atoms with E-state index in [1.54, 1.807) is 6.08 Å². The van der Waals surface area contributed by atoms with Crippen LogP contribution in [0.5, 0.6) is 0 Å². The van der Waals surface area contributed by atoms with Crippen LogP contribution in [0.4, 0.5) is 0 Å². The molecule has 2 atom stereocenters. The molecule has 2 saturated heterocycles. The van der Waals surface area contributed by atoms with Crippen molar-refractivity contribution in [1.29, 1.82) is 0 Å². The maximum absolute atomic E-state index is 12.9. The van der Waals surface area contributed by atoms with Gasteiger partial charge in [0, 0.05) is 51.9 Å². The van der Waals surface area contributed by atoms with E-state index in [0.29, 0.717) is 24.3 Å². The summed E-state index contributed by atoms with van der Waals surface area (Å²) in [5, 5.41) is 0. The van der Waals surface area contributed by atoms with Crippen molar-refractivity contribution in [3.05, 3.63) is 0 Å². The summed E-state index contributed by atoms with van der Waals surface area (Å²) in [7, 11) is 0. The zero-order chi connectivity index (χ0) is 19.3. The van der Waals surface area contributed by atoms with Crippen molar-refractivity contribution in [2.24, 2.45) is 22.7 Å². The number of hydrogen-bond donors (Lipinski definition) is 0. The summed E-state index contributed by atoms with van der Waals surface area (Å²) in [6.07, 6.45) is 11.8. The first-order valence-corrected chi connectivity index (χ1v) is 11.5. The summed E-state index contributed by atoms with van der Waals surface area (Å²) >= 11 is 0. The van der Waals surface area contributed by atoms with Crippen molar-refractivity contribution < 1.29 is 9.59 Å². The van der Waals surface area contributed by atoms with Crippen LogP contribution in [-0.4, -0.2) is 85.1 Å². The SMILES string of the molecule is O=C=NCC1CCCC(CN2CC(C(=O)N3CCCN(C4CCC4)CC3)C2)C1. The lowest BCUT2D eigenvalue weighted by Gasteiger charge is -2.43. The Morgan fingerprint density at radius 1 is 0.929 bits per heavy atom. The summed E-state index contributed by atoms with van der Waals surface area (Å²) in [6.45, 7) is 7.74. The van der Waals surface area contributed by atoms with Crippen LogP contribution in [0, 0.1) is 17.8 Å². The van der Waals surface area contributed by atoms with E-state index in [9.17, 15) is 9.59 Å². The van der Waals surface area contributed by atoms with E-state index in [-0.39, 0.29) is 5.92 Å². The fourth-order valence-corrected chi connectivity index (χ4v) is 5.67. The molecule has 0 spiro atoms. The Hall–Kier alpha value is -1.23. The van der Waals surface area contributed by atoms with E-state index in [0.717, 1.165) is 51.7 Å². The van der Waals surface area contributed by atoms with Crippen molar-refractivity contribution in [3.8, 4) is 0 Å². The molecule has 2 unspecified atom stereocenters. The zero-order valence-electron chi connectivity index (χ0n) is 17.2. The number of amides is 1. The molecule has 28 heavy (non-hydrogen) atoms. The third-order valence-corrected chi connectivity index (χ3v) is 7.56. The Labute approximate surface area is 169 Å². The smallest absolute Gasteiger partial charge is 0.234 e. The second-order valence-corrected chi connectivity index (χ2v) is 9.55. The quantitative estimate of drug-likeness (QED) is 0.517. The number of likely N-dealkylation sites (tertiary alicyclic amines) is 1. The monoisotopic (exact) mass is 388 g/mol. The van der Waals surface area contributed by atoms with Crippen molar-refractivity contribution in [2.75, 3.05) is 52.4 Å². The van der Waals surface area contributed by atoms with Crippen LogP contribution >= 0.6 is 0 Å². The Morgan fingerprint density at radius 3 is 2.46 bits per heavy atom. The highest BCUT2D eigenvalue weighted by Gasteiger charge is 2.37. The fraction of sp³-hybridized carbons (Fsp3) is 0.909. The topological polar surface area (TPSA) is 56.2 Å². The molecule has 0 aromatic rings. The molecule has 0 bridgehead atoms. The molecule has 2 aliphatic carbocycles. The Balaban J connectivity index is 1.17. The number of rotatable bonds is 6. The molecule has 2 heterocycles. The van der Waals surface area contributed by atoms with Gasteiger partial charge in [-0.2, -0.15) is 0 Å². The minimum Gasteiger partial charge on any atom is -0.341 e. The average molecular weight is 389 g/mol. The van der Waals surface area contributed by atoms with Gasteiger partial charge in [0.05, 0.1) is 12.5 Å². The summed E-state index contributed by atoms with van der Waals surface area (Å²) in [5.74, 6) is 1.86. The molecular weight excluding hydrogens is 352 g/mol. The van der Waals surface area contributed by atoms with Crippen LogP contribution in [0.3, 0.4) is 0 Å². The van der Waals surface area contributed by atoms with Gasteiger partial charge in [-0.25, -0.2) is 9.79 Å². The molecule has 6 heteroatoms. The molecule has 1 amide bonds. The van der Waals surface area contributed by atoms with Gasteiger partial charge in [-0.1, -0.05) is 12.8 Å². The summed E-state index contributed by atoms with van der Waals surface area (Å²) in [4.78, 5) is 34.3. The molecule has 6 nitrogen and oxygen atoms in total. The van der Waals surface area contributed by atoms with E-state index in [4.69, 9.17) is 0 Å². The maximum Gasteiger partial charge on any atom is 0.234 e. The Morgan fingerprint density at radius 2 is 1.71 bits per heavy atom. The number of nitrogens with zero attached hydrogens (tertiary/aromatic N) is 4. The fourth-order valence-electron chi connectivity index (χ4n) is 5.67. The number of hydrogen-bond acceptors (Lipinski definition) is 5. The van der Waals surface area contributed by atoms with Gasteiger partial charge in [0.2, 0.25) is 12.0 Å². The third-order valence-electron chi connectivity index (χ3n) is 7.56. The van der Waals surface area contributed by atoms with Crippen LogP contribution in [0.2, 0.25) is 0 Å². The molecule has 0 aromatic carbocycles. The first kappa shape index (κ1) is 20.1. The number of aliphatic imine (C=N–C) groups is 1. The van der Waals surface area contributed by atoms with Crippen molar-refractivity contribution >= 4 is 12.0 Å². The van der Waals surface area contributed by atoms with Gasteiger partial charge in [0.15, 0.2) is 0 Å². The predicted octanol–water partition coefficient (Wildman–Crippen LogP) is 2.15. The molecule has 0 N–H and O–H groups in total. The van der Waals surface area contributed by atoms with E-state index in [2.05, 4.69) is 19.7 Å². The van der Waals surface area contributed by atoms with Crippen molar-refractivity contribution in [2.45, 2.75) is 57.4 Å². The van der Waals surface area contributed by atoms with Gasteiger partial charge < -0.3 is 9.80 Å². The van der Waals surface area contributed by atoms with E-state index in [1.165, 1.54) is 51.5 Å². The standard InChI is InChI=1S/C22H36N4O2/c27-17-23-13-18-4-1-5-19(12-18)14-24-15-20(16-24)22(28)26-9-3-8-25(10-11-26)21-6-2-7-21/h18-21H,1-16H2. The molecule has 156 valence electrons. The number of carbonyl (C=O) groups excluding carboxylic acids is 2. The van der Waals surface area contributed by atoms with E-state index < -0.39 is 0 Å². The minimum absolute atomic E-state index is 0.217. The molecule has 0 aromatic heterocycles. The average Bonchev–Trinajstić information content (AvgIpc) is 2.87. The molecule has 4 rings (SSSR count). The third kappa shape index (κ3) is 4.84. The van der Waals surface area contributed by atoms with Crippen LogP contribution < -0.4 is 0 Å². The van der Waals surface area contributed by atoms with Crippen LogP contribution in [0.15, 0.2) is 4.99 Å². The Bertz CT molecular complexity index is 581. The highest BCUT2D eigenvalue weighted by Crippen LogP contribution is 2.32. The van der Waals surface area contributed by atoms with Gasteiger partial charge in [-0.15, -0.1) is 0 Å². The molecule has 4 fully saturated rings. The Kier molecular flexibility index (Phi) is 6.81. The molecule has 0 radical (unpaired) electrons. The van der Waals surface area contributed by atoms with Gasteiger partial charge in [-0.05, 0) is 50.4 Å². The first-order chi connectivity index (χ1) is 13.7. The summed E-state index contributed by atoms with van der Waals surface area (Å²) in [5.41, 5.74) is 0. The van der Waals surface area contributed by atoms with Gasteiger partial charge in [-0.3, -0.25) is 9.69 Å². The zero-order valence-corrected chi connectivity index (χ0v) is 17.2. The summed E-state index contributed by atoms with van der Waals surface area (Å²) in [6, 6.07) is 0.797. The van der Waals surface area contributed by atoms with Crippen LogP contribution in [0.25, 0.3) is 0 Å². The molecular formula is C22H36N4O2. The second-order valence-electron chi connectivity index (χ2n) is 9.55. The van der Waals surface area contributed by atoms with Crippen LogP contribution in [0.1, 0.15) is 51.4 Å². The van der Waals surface area contributed by atoms with Crippen molar-refractivity contribution in [3.63, 3.8) is 0 Å². The van der Waals surface area contributed by atoms with Gasteiger partial charge >= 0.3 is 0 Å². The second kappa shape index (κ2) is 9.51. The maximum atomic E-state index is 12.9. The number of carbonyl (C=O) groups is 1. The first-order valence-electron chi connectivity index (χ1n) is 11.5. The number of isocyanates is 1. The van der Waals surface area contributed by atoms with Crippen LogP contribution in [-0.2, 0) is 9.59 Å².